The Balaban J connectivity index is 1.77. The Kier molecular flexibility index (Phi) is 5.48. The average molecular weight is 325 g/mol. The van der Waals surface area contributed by atoms with Crippen LogP contribution in [0.1, 0.15) is 35.3 Å². The van der Waals surface area contributed by atoms with Crippen molar-refractivity contribution in [1.82, 2.24) is 15.2 Å². The highest BCUT2D eigenvalue weighted by Gasteiger charge is 2.22. The number of nitrogens with one attached hydrogen (secondary N) is 1. The molecule has 1 aliphatic rings. The minimum absolute atomic E-state index is 0.176. The molecule has 4 nitrogen and oxygen atoms in total. The van der Waals surface area contributed by atoms with Crippen molar-refractivity contribution in [3.8, 4) is 5.75 Å². The fourth-order valence-corrected chi connectivity index (χ4v) is 3.06. The molecule has 0 saturated heterocycles. The summed E-state index contributed by atoms with van der Waals surface area (Å²) in [7, 11) is 4.12. The Morgan fingerprint density at radius 2 is 2.12 bits per heavy atom. The maximum absolute atomic E-state index is 5.88. The van der Waals surface area contributed by atoms with E-state index in [1.165, 1.54) is 16.7 Å². The number of hydrogen-bond donors (Lipinski definition) is 1. The molecule has 0 amide bonds. The van der Waals surface area contributed by atoms with E-state index in [0.29, 0.717) is 6.61 Å². The van der Waals surface area contributed by atoms with Gasteiger partial charge in [0.25, 0.3) is 0 Å². The molecule has 0 fully saturated rings. The lowest BCUT2D eigenvalue weighted by atomic mass is 9.92. The molecule has 0 bridgehead atoms. The molecule has 1 aliphatic heterocycles. The second kappa shape index (κ2) is 7.77. The molecule has 1 aromatic carbocycles. The maximum atomic E-state index is 5.88. The topological polar surface area (TPSA) is 37.4 Å². The van der Waals surface area contributed by atoms with Gasteiger partial charge < -0.3 is 15.0 Å². The molecule has 0 radical (unpaired) electrons. The maximum Gasteiger partial charge on any atom is 0.119 e. The van der Waals surface area contributed by atoms with Crippen LogP contribution in [0.25, 0.3) is 0 Å². The Hall–Kier alpha value is -1.91. The van der Waals surface area contributed by atoms with Gasteiger partial charge >= 0.3 is 0 Å². The van der Waals surface area contributed by atoms with Gasteiger partial charge in [-0.2, -0.15) is 0 Å². The number of hydrogen-bond acceptors (Lipinski definition) is 4. The summed E-state index contributed by atoms with van der Waals surface area (Å²) in [6, 6.07) is 11.0. The lowest BCUT2D eigenvalue weighted by molar-refractivity contribution is 0.261. The zero-order valence-electron chi connectivity index (χ0n) is 14.9. The molecule has 2 heterocycles. The van der Waals surface area contributed by atoms with Crippen molar-refractivity contribution in [2.45, 2.75) is 25.8 Å². The SMILES string of the molecule is CCc1ccc(C2NCCc3cc(OCCN(C)C)ccc32)nc1. The first-order valence-corrected chi connectivity index (χ1v) is 8.76. The Morgan fingerprint density at radius 1 is 1.25 bits per heavy atom. The number of ether oxygens (including phenoxy) is 1. The fourth-order valence-electron chi connectivity index (χ4n) is 3.06. The normalized spacial score (nSPS) is 16.9. The highest BCUT2D eigenvalue weighted by molar-refractivity contribution is 5.42. The van der Waals surface area contributed by atoms with Gasteiger partial charge in [0.2, 0.25) is 0 Å². The smallest absolute Gasteiger partial charge is 0.119 e. The predicted octanol–water partition coefficient (Wildman–Crippen LogP) is 2.82. The van der Waals surface area contributed by atoms with Crippen LogP contribution in [-0.2, 0) is 12.8 Å². The molecule has 1 atom stereocenters. The van der Waals surface area contributed by atoms with E-state index in [1.807, 2.05) is 6.20 Å². The van der Waals surface area contributed by atoms with Crippen LogP contribution < -0.4 is 10.1 Å². The number of rotatable bonds is 6. The van der Waals surface area contributed by atoms with E-state index in [2.05, 4.69) is 66.6 Å². The lowest BCUT2D eigenvalue weighted by Gasteiger charge is -2.27. The fraction of sp³-hybridized carbons (Fsp3) is 0.450. The van der Waals surface area contributed by atoms with Crippen molar-refractivity contribution >= 4 is 0 Å². The molecular formula is C20H27N3O. The Labute approximate surface area is 144 Å². The highest BCUT2D eigenvalue weighted by Crippen LogP contribution is 2.30. The summed E-state index contributed by atoms with van der Waals surface area (Å²) < 4.78 is 5.88. The summed E-state index contributed by atoms with van der Waals surface area (Å²) in [6.45, 7) is 4.77. The first-order valence-electron chi connectivity index (χ1n) is 8.76. The van der Waals surface area contributed by atoms with Crippen LogP contribution in [0.2, 0.25) is 0 Å². The third-order valence-corrected chi connectivity index (χ3v) is 4.53. The third kappa shape index (κ3) is 3.94. The van der Waals surface area contributed by atoms with Crippen molar-refractivity contribution < 1.29 is 4.74 Å². The van der Waals surface area contributed by atoms with E-state index >= 15 is 0 Å². The van der Waals surface area contributed by atoms with Crippen molar-refractivity contribution in [3.63, 3.8) is 0 Å². The number of pyridine rings is 1. The van der Waals surface area contributed by atoms with E-state index < -0.39 is 0 Å². The van der Waals surface area contributed by atoms with Crippen LogP contribution in [0.5, 0.6) is 5.75 Å². The summed E-state index contributed by atoms with van der Waals surface area (Å²) in [5.41, 5.74) is 5.05. The lowest BCUT2D eigenvalue weighted by Crippen LogP contribution is -2.31. The van der Waals surface area contributed by atoms with E-state index in [9.17, 15) is 0 Å². The first-order chi connectivity index (χ1) is 11.7. The molecule has 1 unspecified atom stereocenters. The zero-order valence-corrected chi connectivity index (χ0v) is 14.9. The molecule has 128 valence electrons. The molecule has 0 saturated carbocycles. The van der Waals surface area contributed by atoms with Crippen molar-refractivity contribution in [1.29, 1.82) is 0 Å². The van der Waals surface area contributed by atoms with E-state index in [1.54, 1.807) is 0 Å². The minimum Gasteiger partial charge on any atom is -0.492 e. The summed E-state index contributed by atoms with van der Waals surface area (Å²) in [6.07, 6.45) is 4.05. The van der Waals surface area contributed by atoms with Crippen LogP contribution in [-0.4, -0.2) is 43.7 Å². The number of benzene rings is 1. The van der Waals surface area contributed by atoms with Gasteiger partial charge in [0.15, 0.2) is 0 Å². The molecular weight excluding hydrogens is 298 g/mol. The average Bonchev–Trinajstić information content (AvgIpc) is 2.61. The van der Waals surface area contributed by atoms with Crippen LogP contribution in [0.3, 0.4) is 0 Å². The number of nitrogens with zero attached hydrogens (tertiary/aromatic N) is 2. The Morgan fingerprint density at radius 3 is 2.83 bits per heavy atom. The molecule has 0 spiro atoms. The van der Waals surface area contributed by atoms with Gasteiger partial charge in [0, 0.05) is 19.3 Å². The van der Waals surface area contributed by atoms with Gasteiger partial charge in [-0.15, -0.1) is 0 Å². The second-order valence-electron chi connectivity index (χ2n) is 6.59. The van der Waals surface area contributed by atoms with E-state index in [-0.39, 0.29) is 6.04 Å². The van der Waals surface area contributed by atoms with Gasteiger partial charge in [-0.1, -0.05) is 19.1 Å². The zero-order chi connectivity index (χ0) is 16.9. The quantitative estimate of drug-likeness (QED) is 0.886. The summed E-state index contributed by atoms with van der Waals surface area (Å²) in [4.78, 5) is 6.79. The number of aromatic nitrogens is 1. The van der Waals surface area contributed by atoms with Gasteiger partial charge in [-0.25, -0.2) is 0 Å². The highest BCUT2D eigenvalue weighted by atomic mass is 16.5. The van der Waals surface area contributed by atoms with Crippen molar-refractivity contribution in [2.75, 3.05) is 33.8 Å². The Bertz CT molecular complexity index is 667. The second-order valence-corrected chi connectivity index (χ2v) is 6.59. The van der Waals surface area contributed by atoms with Crippen LogP contribution in [0.15, 0.2) is 36.5 Å². The predicted molar refractivity (Wildman–Crippen MR) is 97.7 cm³/mol. The molecule has 1 aromatic heterocycles. The van der Waals surface area contributed by atoms with Gasteiger partial charge in [-0.05, 0) is 61.8 Å². The minimum atomic E-state index is 0.176. The van der Waals surface area contributed by atoms with E-state index in [0.717, 1.165) is 37.4 Å². The largest absolute Gasteiger partial charge is 0.492 e. The monoisotopic (exact) mass is 325 g/mol. The van der Waals surface area contributed by atoms with Crippen LogP contribution in [0.4, 0.5) is 0 Å². The summed E-state index contributed by atoms with van der Waals surface area (Å²) in [5.74, 6) is 0.963. The van der Waals surface area contributed by atoms with Crippen LogP contribution in [0, 0.1) is 0 Å². The standard InChI is InChI=1S/C20H27N3O/c1-4-15-5-8-19(22-14-15)20-18-7-6-17(24-12-11-23(2)3)13-16(18)9-10-21-20/h5-8,13-14,20-21H,4,9-12H2,1-3H3. The third-order valence-electron chi connectivity index (χ3n) is 4.53. The van der Waals surface area contributed by atoms with Gasteiger partial charge in [0.1, 0.15) is 12.4 Å². The molecule has 3 rings (SSSR count). The first kappa shape index (κ1) is 16.9. The van der Waals surface area contributed by atoms with E-state index in [4.69, 9.17) is 4.74 Å². The van der Waals surface area contributed by atoms with Crippen LogP contribution >= 0.6 is 0 Å². The molecule has 24 heavy (non-hydrogen) atoms. The van der Waals surface area contributed by atoms with Gasteiger partial charge in [-0.3, -0.25) is 4.98 Å². The summed E-state index contributed by atoms with van der Waals surface area (Å²) >= 11 is 0. The number of aryl methyl sites for hydroxylation is 1. The molecule has 1 N–H and O–H groups in total. The molecule has 2 aromatic rings. The van der Waals surface area contributed by atoms with Gasteiger partial charge in [0.05, 0.1) is 11.7 Å². The van der Waals surface area contributed by atoms with Crippen molar-refractivity contribution in [3.05, 3.63) is 58.9 Å². The number of likely N-dealkylation sites (N-methyl/N-ethyl adjacent to an activating group) is 1. The summed E-state index contributed by atoms with van der Waals surface area (Å²) in [5, 5.41) is 3.60. The number of fused-ring (bicyclic) bond motifs is 1. The van der Waals surface area contributed by atoms with Crippen molar-refractivity contribution in [2.24, 2.45) is 0 Å². The molecule has 0 aliphatic carbocycles. The molecule has 4 heteroatoms.